The number of nitrogen functional groups attached to an aromatic ring is 1. The molecule has 0 amide bonds. The van der Waals surface area contributed by atoms with Crippen LogP contribution >= 0.6 is 27.3 Å². The molecule has 0 aliphatic rings. The van der Waals surface area contributed by atoms with Crippen LogP contribution in [0.5, 0.6) is 0 Å². The van der Waals surface area contributed by atoms with Crippen molar-refractivity contribution in [1.82, 2.24) is 4.98 Å². The molecule has 6 heteroatoms. The van der Waals surface area contributed by atoms with Crippen LogP contribution in [0, 0.1) is 0 Å². The van der Waals surface area contributed by atoms with Crippen LogP contribution in [-0.2, 0) is 6.42 Å². The Balaban J connectivity index is 1.65. The maximum absolute atomic E-state index is 5.70. The lowest BCUT2D eigenvalue weighted by atomic mass is 10.3. The molecule has 0 saturated carbocycles. The van der Waals surface area contributed by atoms with E-state index in [2.05, 4.69) is 38.4 Å². The molecule has 0 bridgehead atoms. The van der Waals surface area contributed by atoms with Crippen LogP contribution in [0.4, 0.5) is 11.7 Å². The SMILES string of the molecule is Nc1ccc2nc(NCCc3ccc(Br)s3)oc2c1. The summed E-state index contributed by atoms with van der Waals surface area (Å²) < 4.78 is 6.74. The highest BCUT2D eigenvalue weighted by atomic mass is 79.9. The van der Waals surface area contributed by atoms with Crippen molar-refractivity contribution in [3.63, 3.8) is 0 Å². The van der Waals surface area contributed by atoms with Crippen LogP contribution in [0.2, 0.25) is 0 Å². The number of halogens is 1. The van der Waals surface area contributed by atoms with Crippen LogP contribution in [0.15, 0.2) is 38.5 Å². The van der Waals surface area contributed by atoms with Crippen molar-refractivity contribution in [2.75, 3.05) is 17.6 Å². The van der Waals surface area contributed by atoms with Gasteiger partial charge in [-0.05, 0) is 46.6 Å². The van der Waals surface area contributed by atoms with Crippen molar-refractivity contribution in [3.8, 4) is 0 Å². The normalized spacial score (nSPS) is 11.0. The van der Waals surface area contributed by atoms with Gasteiger partial charge in [-0.3, -0.25) is 0 Å². The van der Waals surface area contributed by atoms with Gasteiger partial charge in [0.2, 0.25) is 0 Å². The molecule has 4 nitrogen and oxygen atoms in total. The summed E-state index contributed by atoms with van der Waals surface area (Å²) in [6.07, 6.45) is 0.942. The maximum atomic E-state index is 5.70. The summed E-state index contributed by atoms with van der Waals surface area (Å²) in [7, 11) is 0. The van der Waals surface area contributed by atoms with Crippen LogP contribution in [0.25, 0.3) is 11.1 Å². The van der Waals surface area contributed by atoms with Gasteiger partial charge < -0.3 is 15.5 Å². The first-order chi connectivity index (χ1) is 9.20. The van der Waals surface area contributed by atoms with Gasteiger partial charge in [-0.1, -0.05) is 0 Å². The van der Waals surface area contributed by atoms with E-state index < -0.39 is 0 Å². The molecular formula is C13H12BrN3OS. The van der Waals surface area contributed by atoms with Crippen molar-refractivity contribution in [3.05, 3.63) is 39.0 Å². The zero-order chi connectivity index (χ0) is 13.2. The van der Waals surface area contributed by atoms with E-state index in [-0.39, 0.29) is 0 Å². The molecule has 3 rings (SSSR count). The van der Waals surface area contributed by atoms with Gasteiger partial charge in [-0.15, -0.1) is 11.3 Å². The average Bonchev–Trinajstić information content (AvgIpc) is 2.95. The van der Waals surface area contributed by atoms with Gasteiger partial charge in [0.05, 0.1) is 3.79 Å². The van der Waals surface area contributed by atoms with Gasteiger partial charge in [0, 0.05) is 23.2 Å². The topological polar surface area (TPSA) is 64.1 Å². The second-order valence-electron chi connectivity index (χ2n) is 4.13. The largest absolute Gasteiger partial charge is 0.423 e. The minimum atomic E-state index is 0.538. The Morgan fingerprint density at radius 2 is 2.21 bits per heavy atom. The molecule has 98 valence electrons. The van der Waals surface area contributed by atoms with Gasteiger partial charge in [0.25, 0.3) is 6.01 Å². The van der Waals surface area contributed by atoms with Crippen molar-refractivity contribution >= 4 is 50.1 Å². The Labute approximate surface area is 122 Å². The minimum Gasteiger partial charge on any atom is -0.423 e. The number of oxazole rings is 1. The minimum absolute atomic E-state index is 0.538. The highest BCUT2D eigenvalue weighted by Crippen LogP contribution is 2.23. The van der Waals surface area contributed by atoms with Crippen LogP contribution in [-0.4, -0.2) is 11.5 Å². The number of anilines is 2. The van der Waals surface area contributed by atoms with Crippen molar-refractivity contribution in [1.29, 1.82) is 0 Å². The number of fused-ring (bicyclic) bond motifs is 1. The number of nitrogens with two attached hydrogens (primary N) is 1. The van der Waals surface area contributed by atoms with Gasteiger partial charge >= 0.3 is 0 Å². The summed E-state index contributed by atoms with van der Waals surface area (Å²) in [5.74, 6) is 0. The molecule has 0 radical (unpaired) electrons. The smallest absolute Gasteiger partial charge is 0.295 e. The zero-order valence-electron chi connectivity index (χ0n) is 10.0. The third-order valence-electron chi connectivity index (χ3n) is 2.69. The number of nitrogens with zero attached hydrogens (tertiary/aromatic N) is 1. The first-order valence-corrected chi connectivity index (χ1v) is 7.46. The number of nitrogens with one attached hydrogen (secondary N) is 1. The lowest BCUT2D eigenvalue weighted by Gasteiger charge is -1.98. The fourth-order valence-corrected chi connectivity index (χ4v) is 3.28. The Morgan fingerprint density at radius 3 is 3.00 bits per heavy atom. The number of benzene rings is 1. The van der Waals surface area contributed by atoms with Crippen molar-refractivity contribution in [2.45, 2.75) is 6.42 Å². The van der Waals surface area contributed by atoms with E-state index in [4.69, 9.17) is 10.2 Å². The molecule has 19 heavy (non-hydrogen) atoms. The Morgan fingerprint density at radius 1 is 1.32 bits per heavy atom. The summed E-state index contributed by atoms with van der Waals surface area (Å²) in [4.78, 5) is 5.67. The van der Waals surface area contributed by atoms with E-state index in [9.17, 15) is 0 Å². The standard InChI is InChI=1S/C13H12BrN3OS/c14-12-4-2-9(19-12)5-6-16-13-17-10-3-1-8(15)7-11(10)18-13/h1-4,7H,5-6,15H2,(H,16,17). The summed E-state index contributed by atoms with van der Waals surface area (Å²) in [5.41, 5.74) is 7.90. The second-order valence-corrected chi connectivity index (χ2v) is 6.68. The fourth-order valence-electron chi connectivity index (χ4n) is 1.80. The molecule has 2 aromatic heterocycles. The summed E-state index contributed by atoms with van der Waals surface area (Å²) >= 11 is 5.19. The zero-order valence-corrected chi connectivity index (χ0v) is 12.4. The molecule has 1 aromatic carbocycles. The van der Waals surface area contributed by atoms with Crippen LogP contribution in [0.3, 0.4) is 0 Å². The van der Waals surface area contributed by atoms with Crippen molar-refractivity contribution in [2.24, 2.45) is 0 Å². The predicted octanol–water partition coefficient (Wildman–Crippen LogP) is 3.89. The van der Waals surface area contributed by atoms with Crippen LogP contribution in [0.1, 0.15) is 4.88 Å². The average molecular weight is 338 g/mol. The number of aromatic nitrogens is 1. The molecule has 0 aliphatic heterocycles. The highest BCUT2D eigenvalue weighted by Gasteiger charge is 2.05. The molecule has 2 heterocycles. The molecule has 0 aliphatic carbocycles. The van der Waals surface area contributed by atoms with Gasteiger partial charge in [-0.25, -0.2) is 0 Å². The lowest BCUT2D eigenvalue weighted by Crippen LogP contribution is -2.03. The first kappa shape index (κ1) is 12.5. The molecule has 0 unspecified atom stereocenters. The highest BCUT2D eigenvalue weighted by molar-refractivity contribution is 9.11. The van der Waals surface area contributed by atoms with Gasteiger partial charge in [0.15, 0.2) is 5.58 Å². The lowest BCUT2D eigenvalue weighted by molar-refractivity contribution is 0.615. The van der Waals surface area contributed by atoms with E-state index in [1.54, 1.807) is 17.4 Å². The molecule has 3 N–H and O–H groups in total. The van der Waals surface area contributed by atoms with Gasteiger partial charge in [0.1, 0.15) is 5.52 Å². The van der Waals surface area contributed by atoms with Gasteiger partial charge in [-0.2, -0.15) is 4.98 Å². The van der Waals surface area contributed by atoms with E-state index >= 15 is 0 Å². The van der Waals surface area contributed by atoms with Crippen molar-refractivity contribution < 1.29 is 4.42 Å². The fraction of sp³-hybridized carbons (Fsp3) is 0.154. The number of hydrogen-bond acceptors (Lipinski definition) is 5. The van der Waals surface area contributed by atoms with Crippen LogP contribution < -0.4 is 11.1 Å². The Hall–Kier alpha value is -1.53. The summed E-state index contributed by atoms with van der Waals surface area (Å²) in [6.45, 7) is 0.787. The Bertz CT molecular complexity index is 707. The summed E-state index contributed by atoms with van der Waals surface area (Å²) in [5, 5.41) is 3.18. The first-order valence-electron chi connectivity index (χ1n) is 5.85. The third kappa shape index (κ3) is 2.90. The second kappa shape index (κ2) is 5.22. The number of rotatable bonds is 4. The predicted molar refractivity (Wildman–Crippen MR) is 82.6 cm³/mol. The molecule has 0 atom stereocenters. The molecule has 0 saturated heterocycles. The molecule has 0 spiro atoms. The van der Waals surface area contributed by atoms with E-state index in [0.29, 0.717) is 17.3 Å². The maximum Gasteiger partial charge on any atom is 0.295 e. The van der Waals surface area contributed by atoms with E-state index in [0.717, 1.165) is 22.3 Å². The monoisotopic (exact) mass is 337 g/mol. The third-order valence-corrected chi connectivity index (χ3v) is 4.37. The van der Waals surface area contributed by atoms with E-state index in [1.807, 2.05) is 12.1 Å². The quantitative estimate of drug-likeness (QED) is 0.709. The molecular weight excluding hydrogens is 326 g/mol. The Kier molecular flexibility index (Phi) is 3.44. The number of thiophene rings is 1. The summed E-state index contributed by atoms with van der Waals surface area (Å²) in [6, 6.07) is 10.2. The molecule has 0 fully saturated rings. The van der Waals surface area contributed by atoms with E-state index in [1.165, 1.54) is 4.88 Å². The molecule has 3 aromatic rings. The number of hydrogen-bond donors (Lipinski definition) is 2.